The Balaban J connectivity index is 1.43. The molecule has 0 saturated heterocycles. The van der Waals surface area contributed by atoms with Crippen molar-refractivity contribution in [1.29, 1.82) is 0 Å². The molecule has 1 aromatic heterocycles. The Bertz CT molecular complexity index is 996. The molecule has 1 heterocycles. The molecular weight excluding hydrogens is 377 g/mol. The molecule has 0 N–H and O–H groups in total. The molecule has 1 fully saturated rings. The molecule has 5 heteroatoms. The Morgan fingerprint density at radius 3 is 2.33 bits per heavy atom. The minimum absolute atomic E-state index is 0.185. The summed E-state index contributed by atoms with van der Waals surface area (Å²) in [6.45, 7) is 2.06. The van der Waals surface area contributed by atoms with E-state index in [2.05, 4.69) is 36.1 Å². The monoisotopic (exact) mass is 405 g/mol. The highest BCUT2D eigenvalue weighted by atomic mass is 19.1. The SMILES string of the molecule is Cc1ccc(-c2noc(C=C3CCC(C(c4ccc(F)cc4)N(C)C)CC3)n2)cc1. The number of nitrogens with zero attached hydrogens (tertiary/aromatic N) is 3. The highest BCUT2D eigenvalue weighted by molar-refractivity contribution is 5.56. The molecule has 1 saturated carbocycles. The molecular formula is C25H28FN3O. The van der Waals surface area contributed by atoms with Crippen LogP contribution in [-0.4, -0.2) is 29.1 Å². The maximum atomic E-state index is 13.3. The summed E-state index contributed by atoms with van der Waals surface area (Å²) >= 11 is 0. The number of rotatable bonds is 5. The first kappa shape index (κ1) is 20.5. The van der Waals surface area contributed by atoms with Crippen molar-refractivity contribution < 1.29 is 8.91 Å². The summed E-state index contributed by atoms with van der Waals surface area (Å²) < 4.78 is 18.8. The van der Waals surface area contributed by atoms with E-state index < -0.39 is 0 Å². The van der Waals surface area contributed by atoms with Gasteiger partial charge in [0.25, 0.3) is 5.89 Å². The van der Waals surface area contributed by atoms with Gasteiger partial charge in [0.1, 0.15) is 5.82 Å². The van der Waals surface area contributed by atoms with Crippen LogP contribution in [0.1, 0.15) is 48.7 Å². The largest absolute Gasteiger partial charge is 0.334 e. The molecule has 30 heavy (non-hydrogen) atoms. The second kappa shape index (κ2) is 8.92. The van der Waals surface area contributed by atoms with Crippen LogP contribution < -0.4 is 0 Å². The van der Waals surface area contributed by atoms with E-state index in [-0.39, 0.29) is 5.82 Å². The van der Waals surface area contributed by atoms with Crippen LogP contribution >= 0.6 is 0 Å². The zero-order valence-electron chi connectivity index (χ0n) is 17.8. The van der Waals surface area contributed by atoms with Crippen LogP contribution in [0.25, 0.3) is 17.5 Å². The Hall–Kier alpha value is -2.79. The molecule has 0 radical (unpaired) electrons. The Kier molecular flexibility index (Phi) is 6.09. The van der Waals surface area contributed by atoms with Gasteiger partial charge in [-0.15, -0.1) is 0 Å². The summed E-state index contributed by atoms with van der Waals surface area (Å²) in [6, 6.07) is 15.4. The van der Waals surface area contributed by atoms with Crippen molar-refractivity contribution in [1.82, 2.24) is 15.0 Å². The predicted molar refractivity (Wildman–Crippen MR) is 117 cm³/mol. The first-order chi connectivity index (χ1) is 14.5. The zero-order valence-corrected chi connectivity index (χ0v) is 17.8. The van der Waals surface area contributed by atoms with E-state index in [1.165, 1.54) is 16.7 Å². The maximum absolute atomic E-state index is 13.3. The molecule has 0 aliphatic heterocycles. The number of hydrogen-bond acceptors (Lipinski definition) is 4. The topological polar surface area (TPSA) is 42.2 Å². The van der Waals surface area contributed by atoms with Gasteiger partial charge in [0.05, 0.1) is 0 Å². The van der Waals surface area contributed by atoms with Gasteiger partial charge >= 0.3 is 0 Å². The summed E-state index contributed by atoms with van der Waals surface area (Å²) in [6.07, 6.45) is 6.25. The molecule has 1 aliphatic rings. The van der Waals surface area contributed by atoms with Gasteiger partial charge < -0.3 is 9.42 Å². The summed E-state index contributed by atoms with van der Waals surface area (Å²) in [5, 5.41) is 4.13. The lowest BCUT2D eigenvalue weighted by Gasteiger charge is -2.36. The van der Waals surface area contributed by atoms with Crippen LogP contribution in [0.3, 0.4) is 0 Å². The number of aryl methyl sites for hydroxylation is 1. The third-order valence-electron chi connectivity index (χ3n) is 5.97. The van der Waals surface area contributed by atoms with Gasteiger partial charge in [-0.25, -0.2) is 4.39 Å². The molecule has 4 nitrogen and oxygen atoms in total. The minimum Gasteiger partial charge on any atom is -0.334 e. The first-order valence-electron chi connectivity index (χ1n) is 10.5. The van der Waals surface area contributed by atoms with Crippen LogP contribution in [0.2, 0.25) is 0 Å². The quantitative estimate of drug-likeness (QED) is 0.517. The maximum Gasteiger partial charge on any atom is 0.250 e. The third-order valence-corrected chi connectivity index (χ3v) is 5.97. The van der Waals surface area contributed by atoms with Crippen LogP contribution in [-0.2, 0) is 0 Å². The van der Waals surface area contributed by atoms with Crippen molar-refractivity contribution in [2.24, 2.45) is 5.92 Å². The zero-order chi connectivity index (χ0) is 21.1. The first-order valence-corrected chi connectivity index (χ1v) is 10.5. The molecule has 0 bridgehead atoms. The van der Waals surface area contributed by atoms with Crippen molar-refractivity contribution in [2.75, 3.05) is 14.1 Å². The molecule has 2 aromatic carbocycles. The molecule has 4 rings (SSSR count). The molecule has 0 amide bonds. The van der Waals surface area contributed by atoms with Crippen molar-refractivity contribution in [3.63, 3.8) is 0 Å². The average molecular weight is 406 g/mol. The molecule has 156 valence electrons. The van der Waals surface area contributed by atoms with Crippen LogP contribution in [0.15, 0.2) is 58.6 Å². The Morgan fingerprint density at radius 1 is 1.03 bits per heavy atom. The van der Waals surface area contributed by atoms with E-state index >= 15 is 0 Å². The summed E-state index contributed by atoms with van der Waals surface area (Å²) in [5.41, 5.74) is 4.70. The smallest absolute Gasteiger partial charge is 0.250 e. The molecule has 1 aliphatic carbocycles. The lowest BCUT2D eigenvalue weighted by Crippen LogP contribution is -2.29. The fourth-order valence-corrected chi connectivity index (χ4v) is 4.41. The van der Waals surface area contributed by atoms with E-state index in [0.717, 1.165) is 31.2 Å². The van der Waals surface area contributed by atoms with Gasteiger partial charge in [0.2, 0.25) is 5.82 Å². The van der Waals surface area contributed by atoms with Gasteiger partial charge in [-0.05, 0) is 70.3 Å². The Morgan fingerprint density at radius 2 is 1.70 bits per heavy atom. The average Bonchev–Trinajstić information content (AvgIpc) is 3.20. The van der Waals surface area contributed by atoms with Crippen molar-refractivity contribution in [3.8, 4) is 11.4 Å². The summed E-state index contributed by atoms with van der Waals surface area (Å²) in [5.74, 6) is 1.55. The molecule has 1 atom stereocenters. The number of halogens is 1. The summed E-state index contributed by atoms with van der Waals surface area (Å²) in [4.78, 5) is 6.79. The molecule has 0 spiro atoms. The second-order valence-electron chi connectivity index (χ2n) is 8.42. The molecule has 1 unspecified atom stereocenters. The van der Waals surface area contributed by atoms with E-state index in [1.54, 1.807) is 12.1 Å². The van der Waals surface area contributed by atoms with Gasteiger partial charge in [0, 0.05) is 17.7 Å². The fourth-order valence-electron chi connectivity index (χ4n) is 4.41. The number of aromatic nitrogens is 2. The van der Waals surface area contributed by atoms with Crippen LogP contribution in [0.5, 0.6) is 0 Å². The van der Waals surface area contributed by atoms with Crippen molar-refractivity contribution in [2.45, 2.75) is 38.6 Å². The molecule has 3 aromatic rings. The highest BCUT2D eigenvalue weighted by Gasteiger charge is 2.28. The normalized spacial score (nSPS) is 17.9. The Labute approximate surface area is 177 Å². The number of benzene rings is 2. The second-order valence-corrected chi connectivity index (χ2v) is 8.42. The lowest BCUT2D eigenvalue weighted by atomic mass is 9.78. The number of allylic oxidation sites excluding steroid dienone is 1. The van der Waals surface area contributed by atoms with Crippen LogP contribution in [0, 0.1) is 18.7 Å². The van der Waals surface area contributed by atoms with Crippen LogP contribution in [0.4, 0.5) is 4.39 Å². The third kappa shape index (κ3) is 4.68. The van der Waals surface area contributed by atoms with Gasteiger partial charge in [-0.1, -0.05) is 52.7 Å². The van der Waals surface area contributed by atoms with Gasteiger partial charge in [-0.3, -0.25) is 0 Å². The number of hydrogen-bond donors (Lipinski definition) is 0. The lowest BCUT2D eigenvalue weighted by molar-refractivity contribution is 0.183. The van der Waals surface area contributed by atoms with E-state index in [9.17, 15) is 4.39 Å². The van der Waals surface area contributed by atoms with E-state index in [0.29, 0.717) is 23.7 Å². The van der Waals surface area contributed by atoms with Gasteiger partial charge in [0.15, 0.2) is 0 Å². The van der Waals surface area contributed by atoms with Crippen molar-refractivity contribution in [3.05, 3.63) is 76.9 Å². The minimum atomic E-state index is -0.185. The standard InChI is InChI=1S/C25H28FN3O/c1-17-4-8-21(9-5-17)25-27-23(30-28-25)16-18-6-10-19(11-7-18)24(29(2)3)20-12-14-22(26)15-13-20/h4-5,8-9,12-16,19,24H,6-7,10-11H2,1-3H3. The predicted octanol–water partition coefficient (Wildman–Crippen LogP) is 6.06. The van der Waals surface area contributed by atoms with Gasteiger partial charge in [-0.2, -0.15) is 4.98 Å². The highest BCUT2D eigenvalue weighted by Crippen LogP contribution is 2.39. The fraction of sp³-hybridized carbons (Fsp3) is 0.360. The van der Waals surface area contributed by atoms with E-state index in [1.807, 2.05) is 42.5 Å². The van der Waals surface area contributed by atoms with E-state index in [4.69, 9.17) is 4.52 Å². The van der Waals surface area contributed by atoms with Crippen molar-refractivity contribution >= 4 is 6.08 Å². The summed E-state index contributed by atoms with van der Waals surface area (Å²) in [7, 11) is 4.20.